The second-order valence-electron chi connectivity index (χ2n) is 6.31. The Hall–Kier alpha value is -3.07. The van der Waals surface area contributed by atoms with Crippen LogP contribution >= 0.6 is 0 Å². The van der Waals surface area contributed by atoms with Crippen molar-refractivity contribution in [1.82, 2.24) is 10.6 Å². The van der Waals surface area contributed by atoms with Crippen LogP contribution in [0.1, 0.15) is 22.8 Å². The van der Waals surface area contributed by atoms with Crippen molar-refractivity contribution in [3.63, 3.8) is 0 Å². The second-order valence-corrected chi connectivity index (χ2v) is 6.31. The first-order chi connectivity index (χ1) is 14.2. The van der Waals surface area contributed by atoms with E-state index in [1.54, 1.807) is 35.6 Å². The molecule has 0 aliphatic carbocycles. The fourth-order valence-electron chi connectivity index (χ4n) is 2.71. The van der Waals surface area contributed by atoms with Crippen LogP contribution in [-0.4, -0.2) is 44.0 Å². The third kappa shape index (κ3) is 5.50. The molecule has 0 spiro atoms. The molecule has 0 aliphatic heterocycles. The summed E-state index contributed by atoms with van der Waals surface area (Å²) in [5.74, 6) is -2.08. The van der Waals surface area contributed by atoms with Gasteiger partial charge in [0.1, 0.15) is 5.75 Å². The maximum Gasteiger partial charge on any atom is 0.436 e. The van der Waals surface area contributed by atoms with Crippen LogP contribution in [0.25, 0.3) is 0 Å². The number of hydrogen-bond donors (Lipinski definition) is 2. The molecule has 1 atom stereocenters. The van der Waals surface area contributed by atoms with Gasteiger partial charge in [0, 0.05) is 12.1 Å². The van der Waals surface area contributed by atoms with Crippen molar-refractivity contribution in [2.75, 3.05) is 20.3 Å². The van der Waals surface area contributed by atoms with Gasteiger partial charge < -0.3 is 14.8 Å². The number of benzene rings is 2. The van der Waals surface area contributed by atoms with Crippen LogP contribution in [0.3, 0.4) is 0 Å². The Kier molecular flexibility index (Phi) is 7.82. The highest BCUT2D eigenvalue weighted by atomic mass is 19.4. The van der Waals surface area contributed by atoms with Gasteiger partial charge in [-0.25, -0.2) is 4.79 Å². The third-order valence-electron chi connectivity index (χ3n) is 4.31. The number of esters is 1. The summed E-state index contributed by atoms with van der Waals surface area (Å²) in [6.45, 7) is 0.854. The Labute approximate surface area is 172 Å². The molecule has 9 heteroatoms. The zero-order valence-electron chi connectivity index (χ0n) is 16.6. The lowest BCUT2D eigenvalue weighted by atomic mass is 10.1. The van der Waals surface area contributed by atoms with Crippen molar-refractivity contribution in [1.29, 1.82) is 0 Å². The van der Waals surface area contributed by atoms with Crippen LogP contribution in [0.4, 0.5) is 13.2 Å². The fraction of sp³-hybridized carbons (Fsp3) is 0.333. The SMILES string of the molecule is CCOC(=O)[C@](NCCc1ccc(OC)cc1)(NC(=O)c1ccccc1)C(F)(F)F. The molecule has 1 amide bonds. The number of nitrogens with one attached hydrogen (secondary N) is 2. The summed E-state index contributed by atoms with van der Waals surface area (Å²) >= 11 is 0. The van der Waals surface area contributed by atoms with Crippen molar-refractivity contribution < 1.29 is 32.2 Å². The van der Waals surface area contributed by atoms with Crippen LogP contribution in [0, 0.1) is 0 Å². The molecule has 2 aromatic carbocycles. The van der Waals surface area contributed by atoms with Crippen molar-refractivity contribution in [2.45, 2.75) is 25.2 Å². The first-order valence-corrected chi connectivity index (χ1v) is 9.23. The molecule has 0 saturated carbocycles. The molecule has 0 bridgehead atoms. The number of alkyl halides is 3. The average molecular weight is 424 g/mol. The highest BCUT2D eigenvalue weighted by Gasteiger charge is 2.63. The lowest BCUT2D eigenvalue weighted by molar-refractivity contribution is -0.218. The Morgan fingerprint density at radius 3 is 2.17 bits per heavy atom. The molecule has 0 aromatic heterocycles. The third-order valence-corrected chi connectivity index (χ3v) is 4.31. The van der Waals surface area contributed by atoms with E-state index in [0.29, 0.717) is 5.75 Å². The molecule has 6 nitrogen and oxygen atoms in total. The monoisotopic (exact) mass is 424 g/mol. The number of carbonyl (C=O) groups excluding carboxylic acids is 2. The standard InChI is InChI=1S/C21H23F3N2O4/c1-3-30-19(28)20(21(22,23)24,26-18(27)16-7-5-4-6-8-16)25-14-13-15-9-11-17(29-2)12-10-15/h4-12,25H,3,13-14H2,1-2H3,(H,26,27)/t20-/m0/s1. The lowest BCUT2D eigenvalue weighted by Crippen LogP contribution is -2.73. The van der Waals surface area contributed by atoms with Crippen molar-refractivity contribution in [3.05, 3.63) is 65.7 Å². The molecular weight excluding hydrogens is 401 g/mol. The predicted octanol–water partition coefficient (Wildman–Crippen LogP) is 3.08. The average Bonchev–Trinajstić information content (AvgIpc) is 2.73. The van der Waals surface area contributed by atoms with Crippen LogP contribution in [0.2, 0.25) is 0 Å². The van der Waals surface area contributed by atoms with Gasteiger partial charge in [0.25, 0.3) is 11.6 Å². The summed E-state index contributed by atoms with van der Waals surface area (Å²) in [5.41, 5.74) is -2.69. The van der Waals surface area contributed by atoms with E-state index < -0.39 is 23.7 Å². The topological polar surface area (TPSA) is 76.7 Å². The lowest BCUT2D eigenvalue weighted by Gasteiger charge is -2.34. The minimum atomic E-state index is -5.15. The number of amides is 1. The van der Waals surface area contributed by atoms with E-state index >= 15 is 0 Å². The number of methoxy groups -OCH3 is 1. The normalized spacial score (nSPS) is 13.2. The molecule has 2 N–H and O–H groups in total. The van der Waals surface area contributed by atoms with Gasteiger partial charge in [-0.15, -0.1) is 0 Å². The van der Waals surface area contributed by atoms with Crippen LogP contribution in [0.15, 0.2) is 54.6 Å². The van der Waals surface area contributed by atoms with E-state index in [1.807, 2.05) is 0 Å². The van der Waals surface area contributed by atoms with Crippen molar-refractivity contribution in [3.8, 4) is 5.75 Å². The Bertz CT molecular complexity index is 842. The zero-order valence-corrected chi connectivity index (χ0v) is 16.6. The summed E-state index contributed by atoms with van der Waals surface area (Å²) in [5, 5.41) is 3.98. The molecule has 0 fully saturated rings. The molecule has 2 rings (SSSR count). The number of ether oxygens (including phenoxy) is 2. The number of hydrogen-bond acceptors (Lipinski definition) is 5. The summed E-state index contributed by atoms with van der Waals surface area (Å²) in [4.78, 5) is 24.8. The Morgan fingerprint density at radius 2 is 1.63 bits per heavy atom. The van der Waals surface area contributed by atoms with Gasteiger partial charge in [-0.3, -0.25) is 10.1 Å². The largest absolute Gasteiger partial charge is 0.497 e. The summed E-state index contributed by atoms with van der Waals surface area (Å²) < 4.78 is 51.9. The summed E-state index contributed by atoms with van der Waals surface area (Å²) in [6.07, 6.45) is -4.98. The summed E-state index contributed by atoms with van der Waals surface area (Å²) in [7, 11) is 1.50. The number of halogens is 3. The van der Waals surface area contributed by atoms with E-state index in [-0.39, 0.29) is 25.1 Å². The van der Waals surface area contributed by atoms with Gasteiger partial charge >= 0.3 is 12.1 Å². The molecule has 0 aliphatic rings. The maximum atomic E-state index is 14.1. The molecule has 0 unspecified atom stereocenters. The van der Waals surface area contributed by atoms with Gasteiger partial charge in [0.15, 0.2) is 0 Å². The molecule has 2 aromatic rings. The zero-order chi connectivity index (χ0) is 22.2. The fourth-order valence-corrected chi connectivity index (χ4v) is 2.71. The van der Waals surface area contributed by atoms with Crippen LogP contribution < -0.4 is 15.4 Å². The highest BCUT2D eigenvalue weighted by Crippen LogP contribution is 2.30. The van der Waals surface area contributed by atoms with Crippen molar-refractivity contribution >= 4 is 11.9 Å². The van der Waals surface area contributed by atoms with E-state index in [2.05, 4.69) is 10.1 Å². The molecule has 30 heavy (non-hydrogen) atoms. The molecule has 0 heterocycles. The Morgan fingerprint density at radius 1 is 1.00 bits per heavy atom. The van der Waals surface area contributed by atoms with E-state index in [4.69, 9.17) is 4.74 Å². The van der Waals surface area contributed by atoms with E-state index in [0.717, 1.165) is 5.56 Å². The van der Waals surface area contributed by atoms with Gasteiger partial charge in [0.2, 0.25) is 0 Å². The molecule has 0 saturated heterocycles. The first-order valence-electron chi connectivity index (χ1n) is 9.23. The molecule has 0 radical (unpaired) electrons. The summed E-state index contributed by atoms with van der Waals surface area (Å²) in [6, 6.07) is 14.1. The number of carbonyl (C=O) groups is 2. The maximum absolute atomic E-state index is 14.1. The highest BCUT2D eigenvalue weighted by molar-refractivity contribution is 5.98. The van der Waals surface area contributed by atoms with E-state index in [9.17, 15) is 22.8 Å². The number of rotatable bonds is 9. The first kappa shape index (κ1) is 23.2. The molecular formula is C21H23F3N2O4. The quantitative estimate of drug-likeness (QED) is 0.478. The predicted molar refractivity (Wildman–Crippen MR) is 104 cm³/mol. The van der Waals surface area contributed by atoms with Gasteiger partial charge in [-0.2, -0.15) is 13.2 Å². The smallest absolute Gasteiger partial charge is 0.436 e. The Balaban J connectivity index is 2.26. The minimum absolute atomic E-state index is 0.0209. The van der Waals surface area contributed by atoms with Gasteiger partial charge in [0.05, 0.1) is 13.7 Å². The van der Waals surface area contributed by atoms with Crippen LogP contribution in [-0.2, 0) is 16.0 Å². The van der Waals surface area contributed by atoms with E-state index in [1.165, 1.54) is 38.3 Å². The second kappa shape index (κ2) is 10.1. The molecule has 162 valence electrons. The van der Waals surface area contributed by atoms with Crippen LogP contribution in [0.5, 0.6) is 5.75 Å². The van der Waals surface area contributed by atoms with Gasteiger partial charge in [-0.1, -0.05) is 30.3 Å². The van der Waals surface area contributed by atoms with Crippen molar-refractivity contribution in [2.24, 2.45) is 0 Å². The van der Waals surface area contributed by atoms with Gasteiger partial charge in [-0.05, 0) is 43.2 Å². The minimum Gasteiger partial charge on any atom is -0.497 e.